The lowest BCUT2D eigenvalue weighted by Crippen LogP contribution is -2.32. The van der Waals surface area contributed by atoms with E-state index >= 15 is 0 Å². The normalized spacial score (nSPS) is 13.3. The van der Waals surface area contributed by atoms with Crippen LogP contribution < -0.4 is 10.6 Å². The third kappa shape index (κ3) is 4.31. The molecular weight excluding hydrogens is 285 g/mol. The molecule has 1 aromatic carbocycles. The van der Waals surface area contributed by atoms with Crippen molar-refractivity contribution >= 4 is 17.4 Å². The van der Waals surface area contributed by atoms with Gasteiger partial charge in [-0.2, -0.15) is 24.9 Å². The van der Waals surface area contributed by atoms with Crippen LogP contribution >= 0.6 is 11.8 Å². The van der Waals surface area contributed by atoms with Crippen molar-refractivity contribution in [1.82, 2.24) is 0 Å². The van der Waals surface area contributed by atoms with Crippen LogP contribution in [0.2, 0.25) is 0 Å². The Morgan fingerprint density at radius 2 is 2.00 bits per heavy atom. The van der Waals surface area contributed by atoms with E-state index in [0.717, 1.165) is 5.75 Å². The molecule has 0 heterocycles. The zero-order valence-corrected chi connectivity index (χ0v) is 12.8. The summed E-state index contributed by atoms with van der Waals surface area (Å²) in [4.78, 5) is 1.69. The molecule has 2 N–H and O–H groups in total. The molecule has 1 rings (SSSR count). The highest BCUT2D eigenvalue weighted by molar-refractivity contribution is 7.98. The van der Waals surface area contributed by atoms with Crippen molar-refractivity contribution in [2.24, 2.45) is 5.73 Å². The quantitative estimate of drug-likeness (QED) is 0.873. The number of hydrogen-bond acceptors (Lipinski definition) is 3. The van der Waals surface area contributed by atoms with Crippen LogP contribution in [0.15, 0.2) is 18.2 Å². The molecule has 0 aliphatic carbocycles. The minimum atomic E-state index is -4.35. The van der Waals surface area contributed by atoms with E-state index in [1.54, 1.807) is 35.8 Å². The Balaban J connectivity index is 3.18. The monoisotopic (exact) mass is 306 g/mol. The van der Waals surface area contributed by atoms with Crippen molar-refractivity contribution < 1.29 is 13.2 Å². The molecule has 1 aromatic rings. The molecule has 2 nitrogen and oxygen atoms in total. The molecule has 0 aliphatic rings. The van der Waals surface area contributed by atoms with Gasteiger partial charge in [0.1, 0.15) is 0 Å². The van der Waals surface area contributed by atoms with Gasteiger partial charge in [0, 0.05) is 24.5 Å². The van der Waals surface area contributed by atoms with E-state index in [1.165, 1.54) is 6.07 Å². The molecule has 6 heteroatoms. The van der Waals surface area contributed by atoms with Gasteiger partial charge in [0.05, 0.1) is 5.56 Å². The molecule has 20 heavy (non-hydrogen) atoms. The van der Waals surface area contributed by atoms with Gasteiger partial charge in [0.15, 0.2) is 0 Å². The molecule has 0 amide bonds. The van der Waals surface area contributed by atoms with E-state index in [2.05, 4.69) is 0 Å². The number of thioether (sulfide) groups is 1. The molecule has 0 radical (unpaired) electrons. The number of benzene rings is 1. The predicted molar refractivity (Wildman–Crippen MR) is 80.4 cm³/mol. The molecule has 114 valence electrons. The standard InChI is InChI=1S/C14H21F3N2S/c1-10(9-20-3)19(2)13-5-4-11(6-7-18)8-12(13)14(15,16)17/h4-5,8,10H,6-7,9,18H2,1-3H3. The Bertz CT molecular complexity index is 435. The molecule has 1 unspecified atom stereocenters. The molecule has 0 fully saturated rings. The SMILES string of the molecule is CSCC(C)N(C)c1ccc(CCN)cc1C(F)(F)F. The minimum Gasteiger partial charge on any atom is -0.371 e. The third-order valence-corrected chi connectivity index (χ3v) is 4.06. The zero-order valence-electron chi connectivity index (χ0n) is 12.0. The number of alkyl halides is 3. The Labute approximate surface area is 122 Å². The van der Waals surface area contributed by atoms with Gasteiger partial charge in [-0.1, -0.05) is 6.07 Å². The van der Waals surface area contributed by atoms with E-state index in [4.69, 9.17) is 5.73 Å². The second-order valence-corrected chi connectivity index (χ2v) is 5.71. The fourth-order valence-electron chi connectivity index (χ4n) is 2.03. The van der Waals surface area contributed by atoms with Crippen molar-refractivity contribution in [1.29, 1.82) is 0 Å². The maximum atomic E-state index is 13.2. The minimum absolute atomic E-state index is 0.0338. The van der Waals surface area contributed by atoms with E-state index in [1.807, 2.05) is 13.2 Å². The number of hydrogen-bond donors (Lipinski definition) is 1. The first-order chi connectivity index (χ1) is 9.31. The zero-order chi connectivity index (χ0) is 15.3. The van der Waals surface area contributed by atoms with Crippen LogP contribution in [0.1, 0.15) is 18.1 Å². The van der Waals surface area contributed by atoms with Crippen molar-refractivity contribution in [3.8, 4) is 0 Å². The summed E-state index contributed by atoms with van der Waals surface area (Å²) in [5, 5.41) is 0. The molecule has 0 aliphatic heterocycles. The second-order valence-electron chi connectivity index (χ2n) is 4.80. The Kier molecular flexibility index (Phi) is 6.20. The van der Waals surface area contributed by atoms with Gasteiger partial charge in [-0.25, -0.2) is 0 Å². The van der Waals surface area contributed by atoms with Crippen LogP contribution in [0.3, 0.4) is 0 Å². The van der Waals surface area contributed by atoms with Gasteiger partial charge in [0.25, 0.3) is 0 Å². The first-order valence-corrected chi connectivity index (χ1v) is 7.82. The molecule has 0 aromatic heterocycles. The van der Waals surface area contributed by atoms with Crippen LogP contribution in [0, 0.1) is 0 Å². The van der Waals surface area contributed by atoms with E-state index < -0.39 is 11.7 Å². The summed E-state index contributed by atoms with van der Waals surface area (Å²) < 4.78 is 39.6. The van der Waals surface area contributed by atoms with Crippen LogP contribution in [0.4, 0.5) is 18.9 Å². The largest absolute Gasteiger partial charge is 0.418 e. The molecule has 0 spiro atoms. The summed E-state index contributed by atoms with van der Waals surface area (Å²) in [6, 6.07) is 4.51. The average molecular weight is 306 g/mol. The van der Waals surface area contributed by atoms with Gasteiger partial charge in [0.2, 0.25) is 0 Å². The van der Waals surface area contributed by atoms with Crippen LogP contribution in [-0.2, 0) is 12.6 Å². The Hall–Kier alpha value is -0.880. The number of halogens is 3. The van der Waals surface area contributed by atoms with E-state index in [9.17, 15) is 13.2 Å². The lowest BCUT2D eigenvalue weighted by Gasteiger charge is -2.29. The maximum Gasteiger partial charge on any atom is 0.418 e. The Morgan fingerprint density at radius 3 is 2.50 bits per heavy atom. The fraction of sp³-hybridized carbons (Fsp3) is 0.571. The van der Waals surface area contributed by atoms with E-state index in [-0.39, 0.29) is 11.7 Å². The van der Waals surface area contributed by atoms with Gasteiger partial charge in [-0.15, -0.1) is 0 Å². The first kappa shape index (κ1) is 17.2. The molecular formula is C14H21F3N2S. The summed E-state index contributed by atoms with van der Waals surface area (Å²) in [5.41, 5.74) is 5.67. The number of nitrogens with two attached hydrogens (primary N) is 1. The van der Waals surface area contributed by atoms with Crippen LogP contribution in [-0.4, -0.2) is 31.6 Å². The predicted octanol–water partition coefficient (Wildman–Crippen LogP) is 3.39. The van der Waals surface area contributed by atoms with Crippen molar-refractivity contribution in [3.63, 3.8) is 0 Å². The molecule has 0 saturated carbocycles. The second kappa shape index (κ2) is 7.22. The van der Waals surface area contributed by atoms with Gasteiger partial charge >= 0.3 is 6.18 Å². The van der Waals surface area contributed by atoms with Crippen molar-refractivity contribution in [2.45, 2.75) is 25.6 Å². The highest BCUT2D eigenvalue weighted by Crippen LogP contribution is 2.37. The van der Waals surface area contributed by atoms with Crippen LogP contribution in [0.25, 0.3) is 0 Å². The highest BCUT2D eigenvalue weighted by atomic mass is 32.2. The topological polar surface area (TPSA) is 29.3 Å². The van der Waals surface area contributed by atoms with Gasteiger partial charge in [-0.05, 0) is 43.8 Å². The van der Waals surface area contributed by atoms with Gasteiger partial charge < -0.3 is 10.6 Å². The molecule has 0 saturated heterocycles. The maximum absolute atomic E-state index is 13.2. The highest BCUT2D eigenvalue weighted by Gasteiger charge is 2.35. The summed E-state index contributed by atoms with van der Waals surface area (Å²) >= 11 is 1.62. The summed E-state index contributed by atoms with van der Waals surface area (Å²) in [6.45, 7) is 2.26. The average Bonchev–Trinajstić information content (AvgIpc) is 2.37. The number of rotatable bonds is 6. The Morgan fingerprint density at radius 1 is 1.35 bits per heavy atom. The first-order valence-electron chi connectivity index (χ1n) is 6.43. The van der Waals surface area contributed by atoms with Gasteiger partial charge in [-0.3, -0.25) is 0 Å². The van der Waals surface area contributed by atoms with Crippen molar-refractivity contribution in [3.05, 3.63) is 29.3 Å². The fourth-order valence-corrected chi connectivity index (χ4v) is 2.74. The lowest BCUT2D eigenvalue weighted by atomic mass is 10.0. The molecule has 0 bridgehead atoms. The van der Waals surface area contributed by atoms with E-state index in [0.29, 0.717) is 18.5 Å². The molecule has 1 atom stereocenters. The smallest absolute Gasteiger partial charge is 0.371 e. The van der Waals surface area contributed by atoms with Crippen LogP contribution in [0.5, 0.6) is 0 Å². The summed E-state index contributed by atoms with van der Waals surface area (Å²) in [5.74, 6) is 0.776. The number of anilines is 1. The van der Waals surface area contributed by atoms with Crippen molar-refractivity contribution in [2.75, 3.05) is 30.5 Å². The summed E-state index contributed by atoms with van der Waals surface area (Å²) in [7, 11) is 1.70. The summed E-state index contributed by atoms with van der Waals surface area (Å²) in [6.07, 6.45) is -1.96. The number of nitrogens with zero attached hydrogens (tertiary/aromatic N) is 1. The third-order valence-electron chi connectivity index (χ3n) is 3.25. The lowest BCUT2D eigenvalue weighted by molar-refractivity contribution is -0.137.